The van der Waals surface area contributed by atoms with Crippen molar-refractivity contribution in [1.29, 1.82) is 0 Å². The van der Waals surface area contributed by atoms with Crippen molar-refractivity contribution >= 4 is 28.1 Å². The monoisotopic (exact) mass is 390 g/mol. The number of nitrogens with zero attached hydrogens (tertiary/aromatic N) is 3. The molecule has 0 spiro atoms. The van der Waals surface area contributed by atoms with Crippen LogP contribution in [0.5, 0.6) is 0 Å². The van der Waals surface area contributed by atoms with Crippen LogP contribution in [0.1, 0.15) is 10.4 Å². The molecule has 0 saturated carbocycles. The average molecular weight is 390 g/mol. The van der Waals surface area contributed by atoms with Crippen molar-refractivity contribution in [3.05, 3.63) is 82.5 Å². The van der Waals surface area contributed by atoms with Crippen molar-refractivity contribution in [1.82, 2.24) is 14.3 Å². The zero-order valence-electron chi connectivity index (χ0n) is 15.6. The van der Waals surface area contributed by atoms with Crippen molar-refractivity contribution in [2.45, 2.75) is 0 Å². The third-order valence-electron chi connectivity index (χ3n) is 5.48. The number of aromatic amines is 1. The molecule has 7 heteroatoms. The summed E-state index contributed by atoms with van der Waals surface area (Å²) in [5, 5.41) is 0.586. The molecule has 146 valence electrons. The first-order valence-electron chi connectivity index (χ1n) is 9.53. The third-order valence-corrected chi connectivity index (χ3v) is 5.48. The van der Waals surface area contributed by atoms with Gasteiger partial charge in [-0.2, -0.15) is 0 Å². The number of aromatic nitrogens is 2. The van der Waals surface area contributed by atoms with Gasteiger partial charge in [-0.15, -0.1) is 0 Å². The molecule has 2 aromatic carbocycles. The van der Waals surface area contributed by atoms with Gasteiger partial charge in [0.25, 0.3) is 11.5 Å². The number of halogens is 1. The van der Waals surface area contributed by atoms with E-state index >= 15 is 0 Å². The van der Waals surface area contributed by atoms with E-state index in [-0.39, 0.29) is 17.3 Å². The summed E-state index contributed by atoms with van der Waals surface area (Å²) in [5.74, 6) is -0.314. The smallest absolute Gasteiger partial charge is 0.258 e. The van der Waals surface area contributed by atoms with Gasteiger partial charge in [-0.3, -0.25) is 9.59 Å². The van der Waals surface area contributed by atoms with E-state index in [9.17, 15) is 14.0 Å². The second-order valence-electron chi connectivity index (χ2n) is 7.21. The molecule has 0 atom stereocenters. The van der Waals surface area contributed by atoms with Gasteiger partial charge in [0.05, 0.1) is 16.5 Å². The van der Waals surface area contributed by atoms with Crippen molar-refractivity contribution in [2.75, 3.05) is 31.1 Å². The van der Waals surface area contributed by atoms with Gasteiger partial charge in [0.2, 0.25) is 0 Å². The lowest BCUT2D eigenvalue weighted by Crippen LogP contribution is -2.48. The molecule has 0 unspecified atom stereocenters. The third kappa shape index (κ3) is 3.04. The highest BCUT2D eigenvalue weighted by atomic mass is 19.1. The van der Waals surface area contributed by atoms with Crippen LogP contribution in [0.15, 0.2) is 65.6 Å². The molecule has 1 amide bonds. The molecule has 5 rings (SSSR count). The molecule has 1 N–H and O–H groups in total. The molecule has 29 heavy (non-hydrogen) atoms. The molecule has 1 aliphatic rings. The molecule has 2 aromatic heterocycles. The number of benzene rings is 2. The molecule has 6 nitrogen and oxygen atoms in total. The molecular formula is C22H19FN4O2. The number of piperazine rings is 1. The van der Waals surface area contributed by atoms with Crippen LogP contribution in [0.4, 0.5) is 10.1 Å². The number of carbonyl (C=O) groups is 1. The van der Waals surface area contributed by atoms with Crippen molar-refractivity contribution in [2.24, 2.45) is 0 Å². The number of rotatable bonds is 2. The fraction of sp³-hybridized carbons (Fsp3) is 0.182. The predicted octanol–water partition coefficient (Wildman–Crippen LogP) is 2.88. The molecule has 0 aliphatic carbocycles. The number of anilines is 1. The van der Waals surface area contributed by atoms with E-state index in [4.69, 9.17) is 0 Å². The quantitative estimate of drug-likeness (QED) is 0.573. The van der Waals surface area contributed by atoms with E-state index < -0.39 is 0 Å². The molecule has 3 heterocycles. The Morgan fingerprint density at radius 3 is 2.45 bits per heavy atom. The molecule has 4 aromatic rings. The van der Waals surface area contributed by atoms with Crippen LogP contribution in [0.2, 0.25) is 0 Å². The van der Waals surface area contributed by atoms with Crippen LogP contribution in [0.3, 0.4) is 0 Å². The number of para-hydroxylation sites is 1. The zero-order valence-corrected chi connectivity index (χ0v) is 15.6. The number of H-pyrrole nitrogens is 1. The van der Waals surface area contributed by atoms with Crippen LogP contribution >= 0.6 is 0 Å². The predicted molar refractivity (Wildman–Crippen MR) is 110 cm³/mol. The van der Waals surface area contributed by atoms with Crippen LogP contribution in [0, 0.1) is 5.82 Å². The number of hydrogen-bond acceptors (Lipinski definition) is 3. The maximum absolute atomic E-state index is 13.1. The Balaban J connectivity index is 1.38. The minimum Gasteiger partial charge on any atom is -0.368 e. The van der Waals surface area contributed by atoms with Crippen molar-refractivity contribution in [3.63, 3.8) is 0 Å². The molecule has 1 fully saturated rings. The van der Waals surface area contributed by atoms with Crippen LogP contribution in [-0.4, -0.2) is 46.4 Å². The summed E-state index contributed by atoms with van der Waals surface area (Å²) in [4.78, 5) is 32.1. The summed E-state index contributed by atoms with van der Waals surface area (Å²) in [6, 6.07) is 15.5. The number of fused-ring (bicyclic) bond motifs is 3. The Morgan fingerprint density at radius 2 is 1.69 bits per heavy atom. The van der Waals surface area contributed by atoms with E-state index in [1.807, 2.05) is 27.5 Å². The number of nitrogens with one attached hydrogen (secondary N) is 1. The number of carbonyl (C=O) groups excluding carboxylic acids is 1. The molecule has 1 saturated heterocycles. The Bertz CT molecular complexity index is 1270. The fourth-order valence-corrected chi connectivity index (χ4v) is 3.94. The lowest BCUT2D eigenvalue weighted by molar-refractivity contribution is 0.0747. The summed E-state index contributed by atoms with van der Waals surface area (Å²) in [6.45, 7) is 2.54. The van der Waals surface area contributed by atoms with Crippen LogP contribution in [0.25, 0.3) is 16.6 Å². The highest BCUT2D eigenvalue weighted by Gasteiger charge is 2.23. The second kappa shape index (κ2) is 6.77. The summed E-state index contributed by atoms with van der Waals surface area (Å²) in [7, 11) is 0. The lowest BCUT2D eigenvalue weighted by Gasteiger charge is -2.36. The minimum atomic E-state index is -0.256. The molecule has 0 bridgehead atoms. The lowest BCUT2D eigenvalue weighted by atomic mass is 10.2. The van der Waals surface area contributed by atoms with E-state index in [0.717, 1.165) is 11.2 Å². The summed E-state index contributed by atoms with van der Waals surface area (Å²) >= 11 is 0. The van der Waals surface area contributed by atoms with Crippen molar-refractivity contribution < 1.29 is 9.18 Å². The Hall–Kier alpha value is -3.61. The van der Waals surface area contributed by atoms with Crippen molar-refractivity contribution in [3.8, 4) is 0 Å². The average Bonchev–Trinajstić information content (AvgIpc) is 3.18. The van der Waals surface area contributed by atoms with Crippen LogP contribution in [-0.2, 0) is 0 Å². The van der Waals surface area contributed by atoms with Gasteiger partial charge in [0.15, 0.2) is 0 Å². The normalized spacial score (nSPS) is 14.7. The van der Waals surface area contributed by atoms with Gasteiger partial charge >= 0.3 is 0 Å². The largest absolute Gasteiger partial charge is 0.368 e. The molecule has 0 radical (unpaired) electrons. The van der Waals surface area contributed by atoms with Gasteiger partial charge in [0, 0.05) is 38.1 Å². The Labute approximate surface area is 165 Å². The Kier molecular flexibility index (Phi) is 4.08. The maximum Gasteiger partial charge on any atom is 0.258 e. The first kappa shape index (κ1) is 17.5. The summed E-state index contributed by atoms with van der Waals surface area (Å²) < 4.78 is 15.0. The SMILES string of the molecule is O=C(c1cc2[nH]c(=O)c3ccccc3n2c1)N1CCN(c2ccc(F)cc2)CC1. The minimum absolute atomic E-state index is 0.0580. The fourth-order valence-electron chi connectivity index (χ4n) is 3.94. The van der Waals surface area contributed by atoms with E-state index in [0.29, 0.717) is 42.8 Å². The zero-order chi connectivity index (χ0) is 20.0. The van der Waals surface area contributed by atoms with Crippen LogP contribution < -0.4 is 10.5 Å². The maximum atomic E-state index is 13.1. The standard InChI is InChI=1S/C22H19FN4O2/c23-16-5-7-17(8-6-16)25-9-11-26(12-10-25)22(29)15-13-20-24-21(28)18-3-1-2-4-19(18)27(20)14-15/h1-8,13-14H,9-12H2,(H,24,28). The Morgan fingerprint density at radius 1 is 0.966 bits per heavy atom. The van der Waals surface area contributed by atoms with Gasteiger partial charge in [-0.1, -0.05) is 12.1 Å². The topological polar surface area (TPSA) is 60.8 Å². The summed E-state index contributed by atoms with van der Waals surface area (Å²) in [5.41, 5.74) is 2.70. The molecule has 1 aliphatic heterocycles. The number of hydrogen-bond donors (Lipinski definition) is 1. The first-order valence-corrected chi connectivity index (χ1v) is 9.53. The summed E-state index contributed by atoms with van der Waals surface area (Å²) in [6.07, 6.45) is 1.78. The number of amides is 1. The van der Waals surface area contributed by atoms with Gasteiger partial charge in [0.1, 0.15) is 11.5 Å². The van der Waals surface area contributed by atoms with E-state index in [1.165, 1.54) is 12.1 Å². The molecular weight excluding hydrogens is 371 g/mol. The van der Waals surface area contributed by atoms with E-state index in [1.54, 1.807) is 30.5 Å². The highest BCUT2D eigenvalue weighted by molar-refractivity contribution is 5.96. The van der Waals surface area contributed by atoms with Gasteiger partial charge in [-0.25, -0.2) is 4.39 Å². The van der Waals surface area contributed by atoms with Gasteiger partial charge < -0.3 is 19.2 Å². The first-order chi connectivity index (χ1) is 14.1. The van der Waals surface area contributed by atoms with Gasteiger partial charge in [-0.05, 0) is 42.5 Å². The van der Waals surface area contributed by atoms with E-state index in [2.05, 4.69) is 9.88 Å². The highest BCUT2D eigenvalue weighted by Crippen LogP contribution is 2.20. The second-order valence-corrected chi connectivity index (χ2v) is 7.21.